The maximum absolute atomic E-state index is 11.3. The minimum Gasteiger partial charge on any atom is -0.381 e. The fourth-order valence-electron chi connectivity index (χ4n) is 2.33. The monoisotopic (exact) mass is 330 g/mol. The Morgan fingerprint density at radius 3 is 2.85 bits per heavy atom. The van der Waals surface area contributed by atoms with Gasteiger partial charge < -0.3 is 10.6 Å². The Morgan fingerprint density at radius 1 is 1.15 bits per heavy atom. The summed E-state index contributed by atoms with van der Waals surface area (Å²) in [5.41, 5.74) is 4.43. The number of rotatable bonds is 3. The Bertz CT molecular complexity index is 655. The number of aryl methyl sites for hydroxylation is 1. The molecule has 1 heterocycles. The molecule has 3 nitrogen and oxygen atoms in total. The Morgan fingerprint density at radius 2 is 2.00 bits per heavy atom. The van der Waals surface area contributed by atoms with Crippen molar-refractivity contribution < 1.29 is 4.79 Å². The average Bonchev–Trinajstić information content (AvgIpc) is 2.46. The number of hydrogen-bond donors (Lipinski definition) is 2. The maximum Gasteiger partial charge on any atom is 0.224 e. The molecule has 2 aromatic carbocycles. The van der Waals surface area contributed by atoms with Crippen LogP contribution < -0.4 is 10.6 Å². The number of carbonyl (C=O) groups is 1. The van der Waals surface area contributed by atoms with Gasteiger partial charge in [0, 0.05) is 28.8 Å². The number of halogens is 1. The van der Waals surface area contributed by atoms with Gasteiger partial charge >= 0.3 is 0 Å². The van der Waals surface area contributed by atoms with Crippen LogP contribution in [-0.4, -0.2) is 5.91 Å². The third-order valence-corrected chi connectivity index (χ3v) is 4.22. The van der Waals surface area contributed by atoms with Gasteiger partial charge in [0.2, 0.25) is 5.91 Å². The van der Waals surface area contributed by atoms with Crippen molar-refractivity contribution in [3.63, 3.8) is 0 Å². The van der Waals surface area contributed by atoms with Crippen LogP contribution in [0.15, 0.2) is 46.9 Å². The highest BCUT2D eigenvalue weighted by molar-refractivity contribution is 9.10. The van der Waals surface area contributed by atoms with Gasteiger partial charge in [-0.2, -0.15) is 0 Å². The second-order valence-corrected chi connectivity index (χ2v) is 5.72. The van der Waals surface area contributed by atoms with E-state index in [0.29, 0.717) is 6.42 Å². The van der Waals surface area contributed by atoms with E-state index in [-0.39, 0.29) is 5.91 Å². The summed E-state index contributed by atoms with van der Waals surface area (Å²) in [5.74, 6) is 0.103. The number of anilines is 2. The number of carbonyl (C=O) groups excluding carboxylic acids is 1. The van der Waals surface area contributed by atoms with E-state index in [1.54, 1.807) is 0 Å². The van der Waals surface area contributed by atoms with Crippen molar-refractivity contribution in [3.8, 4) is 0 Å². The molecule has 2 aromatic rings. The van der Waals surface area contributed by atoms with E-state index in [9.17, 15) is 4.79 Å². The lowest BCUT2D eigenvalue weighted by molar-refractivity contribution is -0.116. The van der Waals surface area contributed by atoms with Gasteiger partial charge in [-0.15, -0.1) is 0 Å². The molecule has 0 bridgehead atoms. The molecule has 0 aromatic heterocycles. The highest BCUT2D eigenvalue weighted by Gasteiger charge is 2.14. The first-order chi connectivity index (χ1) is 9.72. The molecule has 4 heteroatoms. The van der Waals surface area contributed by atoms with Crippen molar-refractivity contribution in [1.29, 1.82) is 0 Å². The van der Waals surface area contributed by atoms with Gasteiger partial charge in [-0.05, 0) is 41.8 Å². The van der Waals surface area contributed by atoms with Crippen LogP contribution in [0, 0.1) is 0 Å². The van der Waals surface area contributed by atoms with Crippen LogP contribution in [0.5, 0.6) is 0 Å². The van der Waals surface area contributed by atoms with Crippen LogP contribution in [0.1, 0.15) is 17.5 Å². The minimum atomic E-state index is 0.103. The van der Waals surface area contributed by atoms with Crippen molar-refractivity contribution in [2.24, 2.45) is 0 Å². The van der Waals surface area contributed by atoms with E-state index < -0.39 is 0 Å². The van der Waals surface area contributed by atoms with Gasteiger partial charge in [0.1, 0.15) is 0 Å². The van der Waals surface area contributed by atoms with Crippen molar-refractivity contribution >= 4 is 33.2 Å². The number of amides is 1. The smallest absolute Gasteiger partial charge is 0.224 e. The molecule has 2 N–H and O–H groups in total. The Balaban J connectivity index is 1.73. The van der Waals surface area contributed by atoms with E-state index in [2.05, 4.69) is 38.7 Å². The predicted molar refractivity (Wildman–Crippen MR) is 84.9 cm³/mol. The summed E-state index contributed by atoms with van der Waals surface area (Å²) in [4.78, 5) is 11.3. The number of hydrogen-bond acceptors (Lipinski definition) is 2. The average molecular weight is 331 g/mol. The van der Waals surface area contributed by atoms with Crippen LogP contribution in [0.4, 0.5) is 11.4 Å². The zero-order valence-corrected chi connectivity index (χ0v) is 12.5. The van der Waals surface area contributed by atoms with E-state index in [1.807, 2.05) is 30.3 Å². The fourth-order valence-corrected chi connectivity index (χ4v) is 2.76. The summed E-state index contributed by atoms with van der Waals surface area (Å²) < 4.78 is 1.11. The molecule has 0 atom stereocenters. The zero-order valence-electron chi connectivity index (χ0n) is 10.9. The predicted octanol–water partition coefficient (Wildman–Crippen LogP) is 3.95. The zero-order chi connectivity index (χ0) is 13.9. The van der Waals surface area contributed by atoms with Gasteiger partial charge in [0.05, 0.1) is 0 Å². The molecule has 0 radical (unpaired) electrons. The standard InChI is InChI=1S/C16H15BrN2O/c17-14-4-2-1-3-12(14)10-18-13-6-7-15-11(9-13)5-8-16(20)19-15/h1-4,6-7,9,18H,5,8,10H2,(H,19,20). The molecule has 0 saturated heterocycles. The first-order valence-corrected chi connectivity index (χ1v) is 7.42. The van der Waals surface area contributed by atoms with E-state index in [1.165, 1.54) is 11.1 Å². The summed E-state index contributed by atoms with van der Waals surface area (Å²) in [5, 5.41) is 6.32. The number of fused-ring (bicyclic) bond motifs is 1. The van der Waals surface area contributed by atoms with Crippen LogP contribution >= 0.6 is 15.9 Å². The Labute approximate surface area is 126 Å². The van der Waals surface area contributed by atoms with Crippen LogP contribution in [-0.2, 0) is 17.8 Å². The Kier molecular flexibility index (Phi) is 3.74. The lowest BCUT2D eigenvalue weighted by atomic mass is 10.0. The van der Waals surface area contributed by atoms with Crippen molar-refractivity contribution in [3.05, 3.63) is 58.1 Å². The lowest BCUT2D eigenvalue weighted by Gasteiger charge is -2.18. The first-order valence-electron chi connectivity index (χ1n) is 6.62. The van der Waals surface area contributed by atoms with Crippen molar-refractivity contribution in [2.75, 3.05) is 10.6 Å². The van der Waals surface area contributed by atoms with Gasteiger partial charge in [-0.3, -0.25) is 4.79 Å². The molecular formula is C16H15BrN2O. The molecule has 1 aliphatic rings. The molecule has 0 spiro atoms. The summed E-state index contributed by atoms with van der Waals surface area (Å²) in [6.07, 6.45) is 1.38. The summed E-state index contributed by atoms with van der Waals surface area (Å²) in [6, 6.07) is 14.3. The molecule has 0 unspecified atom stereocenters. The van der Waals surface area contributed by atoms with Crippen LogP contribution in [0.2, 0.25) is 0 Å². The molecule has 1 amide bonds. The van der Waals surface area contributed by atoms with Gasteiger partial charge in [0.25, 0.3) is 0 Å². The molecule has 20 heavy (non-hydrogen) atoms. The van der Waals surface area contributed by atoms with Gasteiger partial charge in [-0.25, -0.2) is 0 Å². The third kappa shape index (κ3) is 2.85. The second kappa shape index (κ2) is 5.67. The Hall–Kier alpha value is -1.81. The quantitative estimate of drug-likeness (QED) is 0.894. The van der Waals surface area contributed by atoms with Crippen molar-refractivity contribution in [1.82, 2.24) is 0 Å². The summed E-state index contributed by atoms with van der Waals surface area (Å²) in [7, 11) is 0. The molecule has 102 valence electrons. The van der Waals surface area contributed by atoms with E-state index in [0.717, 1.165) is 28.8 Å². The highest BCUT2D eigenvalue weighted by atomic mass is 79.9. The fraction of sp³-hybridized carbons (Fsp3) is 0.188. The summed E-state index contributed by atoms with van der Waals surface area (Å²) in [6.45, 7) is 0.770. The molecule has 0 fully saturated rings. The van der Waals surface area contributed by atoms with Crippen LogP contribution in [0.25, 0.3) is 0 Å². The second-order valence-electron chi connectivity index (χ2n) is 4.87. The SMILES string of the molecule is O=C1CCc2cc(NCc3ccccc3Br)ccc2N1. The third-order valence-electron chi connectivity index (χ3n) is 3.44. The van der Waals surface area contributed by atoms with Gasteiger partial charge in [0.15, 0.2) is 0 Å². The van der Waals surface area contributed by atoms with E-state index in [4.69, 9.17) is 0 Å². The lowest BCUT2D eigenvalue weighted by Crippen LogP contribution is -2.18. The topological polar surface area (TPSA) is 41.1 Å². The van der Waals surface area contributed by atoms with Crippen molar-refractivity contribution in [2.45, 2.75) is 19.4 Å². The first kappa shape index (κ1) is 13.2. The van der Waals surface area contributed by atoms with E-state index >= 15 is 0 Å². The summed E-state index contributed by atoms with van der Waals surface area (Å²) >= 11 is 3.55. The number of nitrogens with one attached hydrogen (secondary N) is 2. The largest absolute Gasteiger partial charge is 0.381 e. The number of benzene rings is 2. The normalized spacial score (nSPS) is 13.6. The highest BCUT2D eigenvalue weighted by Crippen LogP contribution is 2.26. The minimum absolute atomic E-state index is 0.103. The van der Waals surface area contributed by atoms with Crippen LogP contribution in [0.3, 0.4) is 0 Å². The molecule has 1 aliphatic heterocycles. The van der Waals surface area contributed by atoms with Gasteiger partial charge in [-0.1, -0.05) is 34.1 Å². The molecular weight excluding hydrogens is 316 g/mol. The molecule has 3 rings (SSSR count). The maximum atomic E-state index is 11.3. The molecule has 0 aliphatic carbocycles. The molecule has 0 saturated carbocycles.